The summed E-state index contributed by atoms with van der Waals surface area (Å²) in [5.74, 6) is -10.5. The number of rotatable bonds is 29. The number of pyridine rings is 2. The predicted molar refractivity (Wildman–Crippen MR) is 363 cm³/mol. The number of benzene rings is 4. The van der Waals surface area contributed by atoms with Crippen LogP contribution in [0.1, 0.15) is 93.6 Å². The summed E-state index contributed by atoms with van der Waals surface area (Å²) in [5, 5.41) is 18.5. The number of allylic oxidation sites excluding steroid dienone is 4. The van der Waals surface area contributed by atoms with Crippen molar-refractivity contribution in [2.75, 3.05) is 72.9 Å². The van der Waals surface area contributed by atoms with Gasteiger partial charge in [-0.1, -0.05) is 32.1 Å². The molecule has 0 saturated heterocycles. The monoisotopic (exact) mass is 1540 g/mol. The van der Waals surface area contributed by atoms with E-state index in [0.29, 0.717) is 5.56 Å². The zero-order valence-corrected chi connectivity index (χ0v) is 59.0. The van der Waals surface area contributed by atoms with E-state index in [1.165, 1.54) is 18.2 Å². The van der Waals surface area contributed by atoms with Crippen molar-refractivity contribution in [2.24, 2.45) is 0 Å². The third-order valence-corrected chi connectivity index (χ3v) is 21.6. The molecule has 4 heterocycles. The van der Waals surface area contributed by atoms with Gasteiger partial charge in [-0.05, 0) is 126 Å². The second-order valence-electron chi connectivity index (χ2n) is 24.1. The van der Waals surface area contributed by atoms with Crippen LogP contribution in [-0.2, 0) is 86.5 Å². The highest BCUT2D eigenvalue weighted by atomic mass is 32.2. The van der Waals surface area contributed by atoms with Gasteiger partial charge in [-0.3, -0.25) is 55.8 Å². The van der Waals surface area contributed by atoms with E-state index < -0.39 is 199 Å². The van der Waals surface area contributed by atoms with Gasteiger partial charge < -0.3 is 31.3 Å². The molecule has 0 saturated carbocycles. The molecule has 2 aliphatic rings. The summed E-state index contributed by atoms with van der Waals surface area (Å²) < 4.78 is 242. The normalized spacial score (nSPS) is 15.3. The molecule has 0 spiro atoms. The Morgan fingerprint density at radius 3 is 1.30 bits per heavy atom. The number of carbonyl (C=O) groups excluding carboxylic acids is 4. The summed E-state index contributed by atoms with van der Waals surface area (Å²) in [5.41, 5.74) is -3.39. The number of carboxylic acids is 1. The number of hydrogen-bond donors (Lipinski definition) is 12. The number of carboxylic acid groups (broad SMARTS) is 1. The van der Waals surface area contributed by atoms with Crippen molar-refractivity contribution in [3.8, 4) is 22.3 Å². The SMILES string of the molecule is CC1(C)C(/C=C/C=C2/N(CCCS(=O)(=O)O)c3c(cc(-c4cc(C(=O)NCCS(=O)(=O)O)nc(C(=O)NCC(=O)O)c4)c4ccc(S(=O)(=O)O)cc34)C2(C)C)=[N+](CCCS(=O)(=O)O)c2c1cc(-c1cc(C(=O)NCCS(=O)(=O)O)nc(C(=O)NCCS(=O)(=O)O)c1)c1ccc(S(=O)(=O)O)cc21. The fourth-order valence-electron chi connectivity index (χ4n) is 11.6. The average Bonchev–Trinajstić information content (AvgIpc) is 1.58. The third kappa shape index (κ3) is 19.1. The highest BCUT2D eigenvalue weighted by Gasteiger charge is 2.47. The molecule has 101 heavy (non-hydrogen) atoms. The molecule has 0 unspecified atom stereocenters. The van der Waals surface area contributed by atoms with Gasteiger partial charge >= 0.3 is 5.97 Å². The Morgan fingerprint density at radius 1 is 0.485 bits per heavy atom. The summed E-state index contributed by atoms with van der Waals surface area (Å²) in [6, 6.07) is 14.4. The van der Waals surface area contributed by atoms with Gasteiger partial charge in [-0.15, -0.1) is 0 Å². The molecular weight excluding hydrogens is 1480 g/mol. The van der Waals surface area contributed by atoms with Crippen LogP contribution in [0.2, 0.25) is 0 Å². The van der Waals surface area contributed by atoms with E-state index in [-0.39, 0.29) is 98.1 Å². The molecule has 0 fully saturated rings. The first-order chi connectivity index (χ1) is 46.4. The van der Waals surface area contributed by atoms with Crippen LogP contribution in [0.25, 0.3) is 43.8 Å². The third-order valence-electron chi connectivity index (χ3n) is 16.1. The Bertz CT molecular complexity index is 5380. The smallest absolute Gasteiger partial charge is 0.322 e. The van der Waals surface area contributed by atoms with Gasteiger partial charge in [0, 0.05) is 60.7 Å². The van der Waals surface area contributed by atoms with Gasteiger partial charge in [0.05, 0.1) is 55.0 Å². The van der Waals surface area contributed by atoms with Crippen molar-refractivity contribution in [1.82, 2.24) is 31.2 Å². The molecule has 8 rings (SSSR count). The van der Waals surface area contributed by atoms with Gasteiger partial charge in [0.25, 0.3) is 94.5 Å². The van der Waals surface area contributed by atoms with Crippen LogP contribution in [0, 0.1) is 0 Å². The minimum absolute atomic E-state index is 0.000805. The number of amides is 4. The molecular formula is C59H65N8O27S7+. The molecule has 0 aliphatic carbocycles. The summed E-state index contributed by atoms with van der Waals surface area (Å²) in [7, 11) is -33.4. The predicted octanol–water partition coefficient (Wildman–Crippen LogP) is 2.45. The highest BCUT2D eigenvalue weighted by Crippen LogP contribution is 2.54. The zero-order chi connectivity index (χ0) is 75.1. The van der Waals surface area contributed by atoms with E-state index in [1.54, 1.807) is 61.5 Å². The van der Waals surface area contributed by atoms with E-state index in [9.17, 15) is 120 Å². The van der Waals surface area contributed by atoms with Crippen LogP contribution in [0.15, 0.2) is 107 Å². The maximum absolute atomic E-state index is 13.7. The number of fused-ring (bicyclic) bond motifs is 6. The van der Waals surface area contributed by atoms with E-state index in [0.717, 1.165) is 48.5 Å². The average molecular weight is 1540 g/mol. The lowest BCUT2D eigenvalue weighted by molar-refractivity contribution is -0.435. The second-order valence-corrected chi connectivity index (χ2v) is 34.8. The lowest BCUT2D eigenvalue weighted by Crippen LogP contribution is -2.32. The summed E-state index contributed by atoms with van der Waals surface area (Å²) in [4.78, 5) is 74.7. The molecule has 544 valence electrons. The molecule has 4 aromatic carbocycles. The molecule has 35 nitrogen and oxygen atoms in total. The zero-order valence-electron chi connectivity index (χ0n) is 53.3. The van der Waals surface area contributed by atoms with Crippen molar-refractivity contribution in [2.45, 2.75) is 61.2 Å². The Kier molecular flexibility index (Phi) is 22.4. The highest BCUT2D eigenvalue weighted by molar-refractivity contribution is 7.87. The van der Waals surface area contributed by atoms with Crippen LogP contribution in [0.3, 0.4) is 0 Å². The number of nitrogens with zero attached hydrogens (tertiary/aromatic N) is 4. The number of carbonyl (C=O) groups is 5. The second kappa shape index (κ2) is 29.0. The summed E-state index contributed by atoms with van der Waals surface area (Å²) in [6.07, 6.45) is 3.92. The largest absolute Gasteiger partial charge is 0.480 e. The van der Waals surface area contributed by atoms with E-state index in [4.69, 9.17) is 0 Å². The van der Waals surface area contributed by atoms with E-state index >= 15 is 0 Å². The Morgan fingerprint density at radius 2 is 0.881 bits per heavy atom. The van der Waals surface area contributed by atoms with Crippen LogP contribution in [0.5, 0.6) is 0 Å². The maximum atomic E-state index is 13.7. The molecule has 6 aromatic rings. The van der Waals surface area contributed by atoms with Crippen LogP contribution < -0.4 is 26.2 Å². The lowest BCUT2D eigenvalue weighted by Gasteiger charge is -2.27. The Balaban J connectivity index is 1.38. The molecule has 2 aromatic heterocycles. The van der Waals surface area contributed by atoms with Gasteiger partial charge in [0.2, 0.25) is 5.69 Å². The molecule has 2 aliphatic heterocycles. The van der Waals surface area contributed by atoms with Crippen molar-refractivity contribution < 1.29 is 124 Å². The topological polar surface area (TPSA) is 566 Å². The molecule has 0 bridgehead atoms. The molecule has 12 N–H and O–H groups in total. The fraction of sp³-hybridized carbons (Fsp3) is 0.322. The summed E-state index contributed by atoms with van der Waals surface area (Å²) in [6.45, 7) is 3.17. The fourth-order valence-corrected chi connectivity index (χ4v) is 14.7. The molecule has 4 amide bonds. The minimum atomic E-state index is -5.07. The Labute approximate surface area is 578 Å². The van der Waals surface area contributed by atoms with Crippen molar-refractivity contribution in [1.29, 1.82) is 0 Å². The van der Waals surface area contributed by atoms with E-state index in [1.807, 2.05) is 0 Å². The van der Waals surface area contributed by atoms with Gasteiger partial charge in [-0.2, -0.15) is 63.5 Å². The van der Waals surface area contributed by atoms with Crippen molar-refractivity contribution >= 4 is 139 Å². The number of anilines is 1. The van der Waals surface area contributed by atoms with Crippen LogP contribution in [0.4, 0.5) is 11.4 Å². The van der Waals surface area contributed by atoms with Crippen LogP contribution >= 0.6 is 0 Å². The number of aliphatic carboxylic acids is 1. The summed E-state index contributed by atoms with van der Waals surface area (Å²) >= 11 is 0. The maximum Gasteiger partial charge on any atom is 0.322 e. The number of aromatic nitrogens is 2. The van der Waals surface area contributed by atoms with Gasteiger partial charge in [0.1, 0.15) is 35.9 Å². The standard InChI is InChI=1S/C59H64N8O27S7/c1-58(2)43-30-39(33-24-45(54(70)60-14-21-97(80,81)82)64-46(25-33)55(71)61-15-22-98(83,84)85)37-12-10-35(100(89,90)91)28-41(37)52(43)66(17-6-19-95(74,75)76)49(58)8-5-9-50-59(3,4)44-31-40(38-13-11-36(101(92,93)94)29-42(38)53(44)67(50)18-7-20-96(77,78)79)34-26-47(56(72)62-16-23-99(86,87)88)65-48(27-34)57(73)63-32-51(68)69/h5,8-13,24-31H,6-7,14-23,32H2,1-4H3,(H11-,60,61,62,63,68,69,70,71,72,73,74,75,76,77,78,79,80,81,82,83,84,85,86,87,88,89,90,91,92,93,94)/p+1. The lowest BCUT2D eigenvalue weighted by atomic mass is 9.79. The number of nitrogens with one attached hydrogen (secondary N) is 4. The molecule has 0 radical (unpaired) electrons. The quantitative estimate of drug-likeness (QED) is 0.0237. The van der Waals surface area contributed by atoms with Crippen molar-refractivity contribution in [3.05, 3.63) is 131 Å². The molecule has 0 atom stereocenters. The minimum Gasteiger partial charge on any atom is -0.480 e. The number of hydrogen-bond acceptors (Lipinski definition) is 22. The van der Waals surface area contributed by atoms with Crippen molar-refractivity contribution in [3.63, 3.8) is 0 Å². The van der Waals surface area contributed by atoms with Gasteiger partial charge in [-0.25, -0.2) is 9.97 Å². The first kappa shape index (κ1) is 78.1. The van der Waals surface area contributed by atoms with Gasteiger partial charge in [0.15, 0.2) is 5.71 Å². The first-order valence-corrected chi connectivity index (χ1v) is 40.5. The molecule has 42 heteroatoms. The van der Waals surface area contributed by atoms with E-state index in [2.05, 4.69) is 31.2 Å². The van der Waals surface area contributed by atoms with Crippen LogP contribution in [-0.4, -0.2) is 214 Å². The first-order valence-electron chi connectivity index (χ1n) is 29.6. The Hall–Kier alpha value is -8.63.